The zero-order valence-electron chi connectivity index (χ0n) is 6.19. The van der Waals surface area contributed by atoms with E-state index in [2.05, 4.69) is 10.2 Å². The van der Waals surface area contributed by atoms with Crippen LogP contribution in [0.25, 0.3) is 0 Å². The van der Waals surface area contributed by atoms with Gasteiger partial charge in [-0.05, 0) is 0 Å². The summed E-state index contributed by atoms with van der Waals surface area (Å²) < 4.78 is 6.92. The summed E-state index contributed by atoms with van der Waals surface area (Å²) in [5.41, 5.74) is 0. The summed E-state index contributed by atoms with van der Waals surface area (Å²) >= 11 is -0.949. The molecule has 0 saturated carbocycles. The van der Waals surface area contributed by atoms with Gasteiger partial charge in [-0.3, -0.25) is 0 Å². The standard InChI is InChI=1S/C5H10.C2H6N.Bi/c1-3-5-4-2;1-2-3;/h1-5H2;3H,2H2,1H3;/q;-1;+1. The third-order valence-corrected chi connectivity index (χ3v) is 11.4. The molecule has 9 heavy (non-hydrogen) atoms. The van der Waals surface area contributed by atoms with Gasteiger partial charge in [0.1, 0.15) is 0 Å². The van der Waals surface area contributed by atoms with E-state index in [0.29, 0.717) is 0 Å². The molecule has 0 amide bonds. The van der Waals surface area contributed by atoms with E-state index in [1.165, 1.54) is 25.8 Å². The fourth-order valence-electron chi connectivity index (χ4n) is 1.28. The quantitative estimate of drug-likeness (QED) is 0.764. The van der Waals surface area contributed by atoms with E-state index in [0.717, 1.165) is 0 Å². The molecule has 0 unspecified atom stereocenters. The van der Waals surface area contributed by atoms with Crippen molar-refractivity contribution in [3.8, 4) is 0 Å². The summed E-state index contributed by atoms with van der Waals surface area (Å²) in [5.74, 6) is 0. The van der Waals surface area contributed by atoms with Crippen LogP contribution in [0, 0.1) is 0 Å². The molecule has 0 radical (unpaired) electrons. The Bertz CT molecular complexity index is 66.6. The van der Waals surface area contributed by atoms with Crippen LogP contribution in [-0.2, 0) is 0 Å². The third-order valence-electron chi connectivity index (χ3n) is 1.74. The summed E-state index contributed by atoms with van der Waals surface area (Å²) in [5, 5.41) is 0. The Labute approximate surface area is 66.3 Å². The summed E-state index contributed by atoms with van der Waals surface area (Å²) in [6, 6.07) is 0. The molecule has 1 heterocycles. The van der Waals surface area contributed by atoms with Crippen molar-refractivity contribution in [2.24, 2.45) is 0 Å². The second kappa shape index (κ2) is 4.63. The summed E-state index contributed by atoms with van der Waals surface area (Å²) in [6.45, 7) is 3.47. The van der Waals surface area contributed by atoms with E-state index in [1.54, 1.807) is 8.26 Å². The average molecular weight is 323 g/mol. The first-order valence-corrected chi connectivity index (χ1v) is 10.6. The van der Waals surface area contributed by atoms with Gasteiger partial charge in [0.15, 0.2) is 0 Å². The van der Waals surface area contributed by atoms with E-state index in [4.69, 9.17) is 0 Å². The zero-order chi connectivity index (χ0) is 6.53. The summed E-state index contributed by atoms with van der Waals surface area (Å²) in [4.78, 5) is 0. The van der Waals surface area contributed by atoms with Crippen LogP contribution >= 0.6 is 0 Å². The van der Waals surface area contributed by atoms with Gasteiger partial charge in [0.25, 0.3) is 0 Å². The van der Waals surface area contributed by atoms with E-state index in [1.807, 2.05) is 0 Å². The summed E-state index contributed by atoms with van der Waals surface area (Å²) in [6.07, 6.45) is 4.58. The van der Waals surface area contributed by atoms with Gasteiger partial charge < -0.3 is 0 Å². The molecular formula is C7H16BiN. The van der Waals surface area contributed by atoms with Crippen molar-refractivity contribution < 1.29 is 0 Å². The molecule has 0 aromatic carbocycles. The maximum atomic E-state index is 3.69. The van der Waals surface area contributed by atoms with E-state index >= 15 is 0 Å². The molecule has 0 aliphatic carbocycles. The minimum atomic E-state index is -0.949. The molecule has 1 aliphatic heterocycles. The molecule has 1 nitrogen and oxygen atoms in total. The normalized spacial score (nSPS) is 22.3. The van der Waals surface area contributed by atoms with Gasteiger partial charge >= 0.3 is 66.3 Å². The molecule has 1 N–H and O–H groups in total. The van der Waals surface area contributed by atoms with E-state index < -0.39 is 22.0 Å². The first-order valence-electron chi connectivity index (χ1n) is 3.92. The Morgan fingerprint density at radius 3 is 2.44 bits per heavy atom. The Morgan fingerprint density at radius 1 is 1.22 bits per heavy atom. The Kier molecular flexibility index (Phi) is 4.08. The van der Waals surface area contributed by atoms with E-state index in [9.17, 15) is 0 Å². The molecule has 0 aromatic rings. The van der Waals surface area contributed by atoms with Crippen molar-refractivity contribution in [2.75, 3.05) is 6.54 Å². The second-order valence-corrected chi connectivity index (χ2v) is 11.5. The van der Waals surface area contributed by atoms with Crippen LogP contribution in [0.2, 0.25) is 8.26 Å². The van der Waals surface area contributed by atoms with Crippen molar-refractivity contribution in [3.63, 3.8) is 0 Å². The van der Waals surface area contributed by atoms with Gasteiger partial charge in [-0.1, -0.05) is 0 Å². The number of hydrogen-bond donors (Lipinski definition) is 1. The van der Waals surface area contributed by atoms with Crippen LogP contribution in [0.15, 0.2) is 0 Å². The van der Waals surface area contributed by atoms with Crippen LogP contribution in [0.1, 0.15) is 26.2 Å². The van der Waals surface area contributed by atoms with Gasteiger partial charge in [-0.15, -0.1) is 0 Å². The Hall–Kier alpha value is 0.843. The first-order chi connectivity index (χ1) is 4.43. The van der Waals surface area contributed by atoms with E-state index in [-0.39, 0.29) is 0 Å². The maximum absolute atomic E-state index is 3.69. The molecule has 0 atom stereocenters. The fourth-order valence-corrected chi connectivity index (χ4v) is 9.82. The van der Waals surface area contributed by atoms with Crippen LogP contribution in [0.4, 0.5) is 0 Å². The molecule has 0 spiro atoms. The van der Waals surface area contributed by atoms with Crippen molar-refractivity contribution in [2.45, 2.75) is 34.4 Å². The zero-order valence-corrected chi connectivity index (χ0v) is 9.67. The number of nitrogens with one attached hydrogen (secondary N) is 1. The molecular weight excluding hydrogens is 307 g/mol. The van der Waals surface area contributed by atoms with Crippen molar-refractivity contribution in [3.05, 3.63) is 0 Å². The molecule has 54 valence electrons. The van der Waals surface area contributed by atoms with Gasteiger partial charge in [-0.25, -0.2) is 0 Å². The third kappa shape index (κ3) is 2.95. The van der Waals surface area contributed by atoms with Gasteiger partial charge in [0.05, 0.1) is 0 Å². The minimum absolute atomic E-state index is 0.949. The molecule has 1 aliphatic rings. The van der Waals surface area contributed by atoms with Gasteiger partial charge in [0, 0.05) is 0 Å². The molecule has 1 rings (SSSR count). The number of hydrogen-bond acceptors (Lipinski definition) is 1. The average Bonchev–Trinajstić information content (AvgIpc) is 1.91. The van der Waals surface area contributed by atoms with Gasteiger partial charge in [-0.2, -0.15) is 0 Å². The van der Waals surface area contributed by atoms with Crippen molar-refractivity contribution in [1.82, 2.24) is 3.26 Å². The predicted octanol–water partition coefficient (Wildman–Crippen LogP) is 1.77. The summed E-state index contributed by atoms with van der Waals surface area (Å²) in [7, 11) is 0. The monoisotopic (exact) mass is 323 g/mol. The van der Waals surface area contributed by atoms with Gasteiger partial charge in [0.2, 0.25) is 0 Å². The first kappa shape index (κ1) is 7.94. The molecule has 2 heteroatoms. The molecule has 0 bridgehead atoms. The molecule has 1 fully saturated rings. The van der Waals surface area contributed by atoms with Crippen LogP contribution in [0.5, 0.6) is 0 Å². The second-order valence-electron chi connectivity index (χ2n) is 2.56. The predicted molar refractivity (Wildman–Crippen MR) is 42.9 cm³/mol. The topological polar surface area (TPSA) is 12.0 Å². The SMILES string of the molecule is CC[NH][Bi]1[CH2]CCC[CH2]1. The Morgan fingerprint density at radius 2 is 1.89 bits per heavy atom. The van der Waals surface area contributed by atoms with Crippen LogP contribution in [-0.4, -0.2) is 28.6 Å². The number of rotatable bonds is 2. The molecule has 0 aromatic heterocycles. The van der Waals surface area contributed by atoms with Crippen molar-refractivity contribution >= 4 is 22.0 Å². The fraction of sp³-hybridized carbons (Fsp3) is 1.00. The molecule has 1 saturated heterocycles. The van der Waals surface area contributed by atoms with Crippen molar-refractivity contribution in [1.29, 1.82) is 0 Å². The van der Waals surface area contributed by atoms with Crippen LogP contribution < -0.4 is 3.26 Å². The Balaban J connectivity index is 2.08. The van der Waals surface area contributed by atoms with Crippen LogP contribution in [0.3, 0.4) is 0 Å².